The molecule has 0 bridgehead atoms. The van der Waals surface area contributed by atoms with Crippen molar-refractivity contribution in [3.8, 4) is 0 Å². The van der Waals surface area contributed by atoms with E-state index in [1.165, 1.54) is 10.8 Å². The monoisotopic (exact) mass is 194 g/mol. The van der Waals surface area contributed by atoms with Crippen LogP contribution in [0.5, 0.6) is 0 Å². The van der Waals surface area contributed by atoms with Crippen LogP contribution in [-0.2, 0) is 0 Å². The van der Waals surface area contributed by atoms with E-state index in [0.29, 0.717) is 0 Å². The minimum Gasteiger partial charge on any atom is -0.264 e. The largest absolute Gasteiger partial charge is 0.264 e. The molecule has 1 aromatic carbocycles. The number of fused-ring (bicyclic) bond motifs is 2. The molecule has 2 aromatic heterocycles. The van der Waals surface area contributed by atoms with E-state index >= 15 is 0 Å². The van der Waals surface area contributed by atoms with Gasteiger partial charge in [0.05, 0.1) is 5.52 Å². The van der Waals surface area contributed by atoms with E-state index in [1.54, 1.807) is 0 Å². The summed E-state index contributed by atoms with van der Waals surface area (Å²) in [6.45, 7) is 2.01. The second-order valence-electron chi connectivity index (χ2n) is 3.72. The first-order valence-corrected chi connectivity index (χ1v) is 4.94. The van der Waals surface area contributed by atoms with E-state index in [2.05, 4.69) is 28.2 Å². The van der Waals surface area contributed by atoms with Crippen LogP contribution >= 0.6 is 0 Å². The maximum atomic E-state index is 4.50. The molecule has 2 heterocycles. The molecule has 2 heteroatoms. The third kappa shape index (κ3) is 1.34. The fourth-order valence-electron chi connectivity index (χ4n) is 1.81. The van der Waals surface area contributed by atoms with Gasteiger partial charge in [0, 0.05) is 28.9 Å². The van der Waals surface area contributed by atoms with Crippen molar-refractivity contribution >= 4 is 21.7 Å². The maximum Gasteiger partial charge on any atom is 0.0712 e. The highest BCUT2D eigenvalue weighted by Crippen LogP contribution is 2.20. The van der Waals surface area contributed by atoms with E-state index < -0.39 is 0 Å². The van der Waals surface area contributed by atoms with Crippen LogP contribution in [0.4, 0.5) is 0 Å². The fraction of sp³-hybridized carbons (Fsp3) is 0.0769. The van der Waals surface area contributed by atoms with Gasteiger partial charge in [-0.15, -0.1) is 0 Å². The summed E-state index contributed by atoms with van der Waals surface area (Å²) in [6, 6.07) is 10.4. The average molecular weight is 194 g/mol. The van der Waals surface area contributed by atoms with Crippen LogP contribution in [0.3, 0.4) is 0 Å². The molecule has 0 spiro atoms. The quantitative estimate of drug-likeness (QED) is 0.514. The summed E-state index contributed by atoms with van der Waals surface area (Å²) in [5, 5.41) is 3.53. The topological polar surface area (TPSA) is 25.8 Å². The molecule has 0 unspecified atom stereocenters. The molecule has 3 rings (SSSR count). The Bertz CT molecular complexity index is 644. The van der Waals surface area contributed by atoms with Crippen molar-refractivity contribution < 1.29 is 0 Å². The van der Waals surface area contributed by atoms with Crippen LogP contribution in [0.25, 0.3) is 21.7 Å². The highest BCUT2D eigenvalue weighted by Gasteiger charge is 1.98. The van der Waals surface area contributed by atoms with Crippen LogP contribution in [0.1, 0.15) is 5.69 Å². The Labute approximate surface area is 87.6 Å². The molecule has 0 atom stereocenters. The molecule has 3 aromatic rings. The van der Waals surface area contributed by atoms with E-state index in [0.717, 1.165) is 16.6 Å². The number of hydrogen-bond acceptors (Lipinski definition) is 2. The Morgan fingerprint density at radius 1 is 0.933 bits per heavy atom. The number of nitrogens with zero attached hydrogens (tertiary/aromatic N) is 2. The van der Waals surface area contributed by atoms with Gasteiger partial charge in [-0.1, -0.05) is 6.07 Å². The number of aryl methyl sites for hydroxylation is 1. The molecule has 0 radical (unpaired) electrons. The van der Waals surface area contributed by atoms with Crippen molar-refractivity contribution in [2.45, 2.75) is 6.92 Å². The first-order valence-electron chi connectivity index (χ1n) is 4.94. The summed E-state index contributed by atoms with van der Waals surface area (Å²) in [6.07, 6.45) is 3.69. The lowest BCUT2D eigenvalue weighted by molar-refractivity contribution is 1.26. The lowest BCUT2D eigenvalue weighted by Gasteiger charge is -2.01. The highest BCUT2D eigenvalue weighted by molar-refractivity contribution is 5.95. The number of hydrogen-bond donors (Lipinski definition) is 0. The third-order valence-electron chi connectivity index (χ3n) is 2.59. The highest BCUT2D eigenvalue weighted by atomic mass is 14.7. The van der Waals surface area contributed by atoms with Crippen molar-refractivity contribution in [3.63, 3.8) is 0 Å². The van der Waals surface area contributed by atoms with Gasteiger partial charge in [0.1, 0.15) is 0 Å². The maximum absolute atomic E-state index is 4.50. The van der Waals surface area contributed by atoms with Crippen LogP contribution in [0, 0.1) is 6.92 Å². The van der Waals surface area contributed by atoms with Crippen LogP contribution in [0.2, 0.25) is 0 Å². The Morgan fingerprint density at radius 3 is 2.80 bits per heavy atom. The minimum absolute atomic E-state index is 1.04. The lowest BCUT2D eigenvalue weighted by atomic mass is 10.1. The minimum atomic E-state index is 1.04. The number of pyridine rings is 2. The molecule has 0 aliphatic carbocycles. The molecule has 72 valence electrons. The van der Waals surface area contributed by atoms with Gasteiger partial charge in [0.15, 0.2) is 0 Å². The summed E-state index contributed by atoms with van der Waals surface area (Å²) < 4.78 is 0. The molecular weight excluding hydrogens is 184 g/mol. The van der Waals surface area contributed by atoms with Crippen LogP contribution in [-0.4, -0.2) is 9.97 Å². The van der Waals surface area contributed by atoms with Gasteiger partial charge in [-0.2, -0.15) is 0 Å². The first-order chi connectivity index (χ1) is 7.33. The van der Waals surface area contributed by atoms with E-state index in [4.69, 9.17) is 0 Å². The molecule has 0 aliphatic heterocycles. The van der Waals surface area contributed by atoms with Gasteiger partial charge in [0.25, 0.3) is 0 Å². The molecule has 0 N–H and O–H groups in total. The summed E-state index contributed by atoms with van der Waals surface area (Å²) in [5.74, 6) is 0. The van der Waals surface area contributed by atoms with Crippen molar-refractivity contribution in [2.75, 3.05) is 0 Å². The van der Waals surface area contributed by atoms with Crippen LogP contribution < -0.4 is 0 Å². The molecule has 0 saturated carbocycles. The normalized spacial score (nSPS) is 11.0. The summed E-state index contributed by atoms with van der Waals surface area (Å²) in [5.41, 5.74) is 2.08. The van der Waals surface area contributed by atoms with E-state index in [-0.39, 0.29) is 0 Å². The molecule has 0 fully saturated rings. The van der Waals surface area contributed by atoms with Gasteiger partial charge in [-0.25, -0.2) is 0 Å². The van der Waals surface area contributed by atoms with Crippen molar-refractivity contribution in [2.24, 2.45) is 0 Å². The summed E-state index contributed by atoms with van der Waals surface area (Å²) >= 11 is 0. The fourth-order valence-corrected chi connectivity index (χ4v) is 1.81. The van der Waals surface area contributed by atoms with E-state index in [1.807, 2.05) is 31.5 Å². The zero-order valence-electron chi connectivity index (χ0n) is 8.44. The van der Waals surface area contributed by atoms with Crippen molar-refractivity contribution in [3.05, 3.63) is 48.4 Å². The SMILES string of the molecule is Cc1ccc2cc3ccncc3cc2n1. The molecule has 15 heavy (non-hydrogen) atoms. The predicted octanol–water partition coefficient (Wildman–Crippen LogP) is 3.09. The summed E-state index contributed by atoms with van der Waals surface area (Å²) in [7, 11) is 0. The Balaban J connectivity index is 2.47. The standard InChI is InChI=1S/C13H10N2/c1-9-2-3-11-6-10-4-5-14-8-12(10)7-13(11)15-9/h2-8H,1H3. The summed E-state index contributed by atoms with van der Waals surface area (Å²) in [4.78, 5) is 8.61. The van der Waals surface area contributed by atoms with Gasteiger partial charge >= 0.3 is 0 Å². The molecule has 0 saturated heterocycles. The van der Waals surface area contributed by atoms with Gasteiger partial charge in [-0.05, 0) is 36.6 Å². The number of benzene rings is 1. The third-order valence-corrected chi connectivity index (χ3v) is 2.59. The van der Waals surface area contributed by atoms with Crippen molar-refractivity contribution in [1.82, 2.24) is 9.97 Å². The second kappa shape index (κ2) is 3.02. The van der Waals surface area contributed by atoms with E-state index in [9.17, 15) is 0 Å². The van der Waals surface area contributed by atoms with Gasteiger partial charge < -0.3 is 0 Å². The molecular formula is C13H10N2. The smallest absolute Gasteiger partial charge is 0.0712 e. The van der Waals surface area contributed by atoms with Gasteiger partial charge in [-0.3, -0.25) is 9.97 Å². The lowest BCUT2D eigenvalue weighted by Crippen LogP contribution is -1.83. The Hall–Kier alpha value is -1.96. The molecule has 2 nitrogen and oxygen atoms in total. The number of aromatic nitrogens is 2. The Morgan fingerprint density at radius 2 is 1.87 bits per heavy atom. The van der Waals surface area contributed by atoms with Crippen LogP contribution in [0.15, 0.2) is 42.7 Å². The average Bonchev–Trinajstić information content (AvgIpc) is 2.26. The predicted molar refractivity (Wildman–Crippen MR) is 61.8 cm³/mol. The zero-order valence-corrected chi connectivity index (χ0v) is 8.44. The zero-order chi connectivity index (χ0) is 10.3. The van der Waals surface area contributed by atoms with Crippen molar-refractivity contribution in [1.29, 1.82) is 0 Å². The Kier molecular flexibility index (Phi) is 1.68. The first kappa shape index (κ1) is 8.36. The number of rotatable bonds is 0. The van der Waals surface area contributed by atoms with Gasteiger partial charge in [0.2, 0.25) is 0 Å². The second-order valence-corrected chi connectivity index (χ2v) is 3.72. The molecule has 0 amide bonds. The molecule has 0 aliphatic rings.